The van der Waals surface area contributed by atoms with E-state index in [0.717, 1.165) is 24.3 Å². The van der Waals surface area contributed by atoms with E-state index < -0.39 is 0 Å². The van der Waals surface area contributed by atoms with Crippen LogP contribution in [0.5, 0.6) is 5.75 Å². The van der Waals surface area contributed by atoms with Crippen molar-refractivity contribution in [1.29, 1.82) is 0 Å². The summed E-state index contributed by atoms with van der Waals surface area (Å²) in [6, 6.07) is 12.4. The lowest BCUT2D eigenvalue weighted by atomic mass is 9.84. The van der Waals surface area contributed by atoms with Gasteiger partial charge in [-0.2, -0.15) is 0 Å². The maximum absolute atomic E-state index is 5.79. The summed E-state index contributed by atoms with van der Waals surface area (Å²) in [5.41, 5.74) is 0.894. The molecule has 0 saturated carbocycles. The monoisotopic (exact) mass is 240 g/mol. The van der Waals surface area contributed by atoms with E-state index in [9.17, 15) is 0 Å². The van der Waals surface area contributed by atoms with Crippen LogP contribution in [-0.2, 0) is 10.3 Å². The molecule has 0 N–H and O–H groups in total. The highest BCUT2D eigenvalue weighted by Gasteiger charge is 2.38. The van der Waals surface area contributed by atoms with Gasteiger partial charge in [-0.05, 0) is 23.8 Å². The first-order valence-corrected chi connectivity index (χ1v) is 6.18. The fourth-order valence-electron chi connectivity index (χ4n) is 2.59. The van der Waals surface area contributed by atoms with Gasteiger partial charge in [-0.3, -0.25) is 0 Å². The molecule has 0 spiro atoms. The van der Waals surface area contributed by atoms with Crippen molar-refractivity contribution in [3.63, 3.8) is 0 Å². The van der Waals surface area contributed by atoms with Crippen LogP contribution in [0.15, 0.2) is 49.2 Å². The largest absolute Gasteiger partial charge is 0.465 e. The van der Waals surface area contributed by atoms with Crippen molar-refractivity contribution in [2.75, 3.05) is 6.61 Å². The highest BCUT2D eigenvalue weighted by Crippen LogP contribution is 2.45. The van der Waals surface area contributed by atoms with E-state index >= 15 is 0 Å². The Morgan fingerprint density at radius 3 is 2.72 bits per heavy atom. The zero-order valence-electron chi connectivity index (χ0n) is 10.5. The molecule has 2 aromatic carbocycles. The maximum atomic E-state index is 5.79. The van der Waals surface area contributed by atoms with Gasteiger partial charge in [-0.15, -0.1) is 0 Å². The third-order valence-electron chi connectivity index (χ3n) is 3.63. The van der Waals surface area contributed by atoms with Gasteiger partial charge in [-0.1, -0.05) is 36.9 Å². The van der Waals surface area contributed by atoms with Gasteiger partial charge in [0.05, 0.1) is 18.5 Å². The summed E-state index contributed by atoms with van der Waals surface area (Å²) in [5.74, 6) is 0.839. The summed E-state index contributed by atoms with van der Waals surface area (Å²) in [5, 5.41) is 2.40. The number of rotatable bonds is 3. The van der Waals surface area contributed by atoms with Gasteiger partial charge in [0.15, 0.2) is 0 Å². The third-order valence-corrected chi connectivity index (χ3v) is 3.63. The number of hydrogen-bond acceptors (Lipinski definition) is 2. The lowest BCUT2D eigenvalue weighted by molar-refractivity contribution is -0.140. The topological polar surface area (TPSA) is 18.5 Å². The summed E-state index contributed by atoms with van der Waals surface area (Å²) in [6.07, 6.45) is 2.49. The molecule has 2 heteroatoms. The molecule has 0 aliphatic carbocycles. The molecule has 1 aliphatic heterocycles. The average molecular weight is 240 g/mol. The second-order valence-electron chi connectivity index (χ2n) is 4.77. The number of ether oxygens (including phenoxy) is 2. The van der Waals surface area contributed by atoms with E-state index in [0.29, 0.717) is 0 Å². The molecular weight excluding hydrogens is 224 g/mol. The fraction of sp³-hybridized carbons (Fsp3) is 0.250. The van der Waals surface area contributed by atoms with E-state index in [-0.39, 0.29) is 5.60 Å². The molecule has 2 aromatic rings. The van der Waals surface area contributed by atoms with Gasteiger partial charge < -0.3 is 9.47 Å². The highest BCUT2D eigenvalue weighted by atomic mass is 16.5. The summed E-state index contributed by atoms with van der Waals surface area (Å²) >= 11 is 0. The molecule has 0 amide bonds. The van der Waals surface area contributed by atoms with Crippen LogP contribution < -0.4 is 4.74 Å². The molecule has 1 saturated heterocycles. The van der Waals surface area contributed by atoms with Crippen LogP contribution in [0.25, 0.3) is 10.8 Å². The lowest BCUT2D eigenvalue weighted by Gasteiger charge is -2.40. The van der Waals surface area contributed by atoms with Crippen molar-refractivity contribution >= 4 is 10.8 Å². The van der Waals surface area contributed by atoms with Gasteiger partial charge in [0.1, 0.15) is 5.75 Å². The van der Waals surface area contributed by atoms with Gasteiger partial charge in [0.25, 0.3) is 0 Å². The first-order chi connectivity index (χ1) is 8.74. The Bertz CT molecular complexity index is 597. The molecule has 0 radical (unpaired) electrons. The minimum absolute atomic E-state index is 0.237. The molecule has 1 atom stereocenters. The first kappa shape index (κ1) is 11.3. The lowest BCUT2D eigenvalue weighted by Crippen LogP contribution is -2.38. The SMILES string of the molecule is C=COc1ccc2ccccc2c1C1(C)CCO1. The van der Waals surface area contributed by atoms with Gasteiger partial charge in [0.2, 0.25) is 0 Å². The number of fused-ring (bicyclic) bond motifs is 1. The Labute approximate surface area is 107 Å². The maximum Gasteiger partial charge on any atom is 0.133 e. The minimum Gasteiger partial charge on any atom is -0.465 e. The molecule has 1 aliphatic rings. The molecule has 2 nitrogen and oxygen atoms in total. The van der Waals surface area contributed by atoms with Gasteiger partial charge >= 0.3 is 0 Å². The Morgan fingerprint density at radius 1 is 1.28 bits per heavy atom. The van der Waals surface area contributed by atoms with Gasteiger partial charge in [0, 0.05) is 12.0 Å². The van der Waals surface area contributed by atoms with Crippen molar-refractivity contribution in [3.8, 4) is 5.75 Å². The predicted octanol–water partition coefficient (Wildman–Crippen LogP) is 4.00. The van der Waals surface area contributed by atoms with Crippen LogP contribution in [0.2, 0.25) is 0 Å². The second kappa shape index (κ2) is 4.14. The van der Waals surface area contributed by atoms with Crippen molar-refractivity contribution in [2.24, 2.45) is 0 Å². The summed E-state index contributed by atoms with van der Waals surface area (Å²) in [4.78, 5) is 0. The summed E-state index contributed by atoms with van der Waals surface area (Å²) < 4.78 is 11.3. The van der Waals surface area contributed by atoms with Crippen molar-refractivity contribution < 1.29 is 9.47 Å². The van der Waals surface area contributed by atoms with Crippen molar-refractivity contribution in [3.05, 3.63) is 54.8 Å². The van der Waals surface area contributed by atoms with E-state index in [4.69, 9.17) is 9.47 Å². The van der Waals surface area contributed by atoms with E-state index in [1.54, 1.807) is 0 Å². The zero-order valence-corrected chi connectivity index (χ0v) is 10.5. The van der Waals surface area contributed by atoms with E-state index in [1.807, 2.05) is 18.2 Å². The van der Waals surface area contributed by atoms with Crippen LogP contribution in [0.1, 0.15) is 18.9 Å². The molecule has 0 aromatic heterocycles. The number of benzene rings is 2. The fourth-order valence-corrected chi connectivity index (χ4v) is 2.59. The Hall–Kier alpha value is -1.80. The molecular formula is C16H16O2. The smallest absolute Gasteiger partial charge is 0.133 e. The highest BCUT2D eigenvalue weighted by molar-refractivity contribution is 5.88. The minimum atomic E-state index is -0.237. The van der Waals surface area contributed by atoms with Crippen molar-refractivity contribution in [2.45, 2.75) is 18.9 Å². The standard InChI is InChI=1S/C16H16O2/c1-3-17-14-9-8-12-6-4-5-7-13(12)15(14)16(2)10-11-18-16/h3-9H,1,10-11H2,2H3. The number of hydrogen-bond donors (Lipinski definition) is 0. The zero-order chi connectivity index (χ0) is 12.6. The van der Waals surface area contributed by atoms with Crippen molar-refractivity contribution in [1.82, 2.24) is 0 Å². The molecule has 3 rings (SSSR count). The molecule has 0 bridgehead atoms. The summed E-state index contributed by atoms with van der Waals surface area (Å²) in [6.45, 7) is 6.57. The summed E-state index contributed by atoms with van der Waals surface area (Å²) in [7, 11) is 0. The van der Waals surface area contributed by atoms with E-state index in [2.05, 4.69) is 31.7 Å². The predicted molar refractivity (Wildman–Crippen MR) is 72.7 cm³/mol. The van der Waals surface area contributed by atoms with Crippen LogP contribution in [0.3, 0.4) is 0 Å². The first-order valence-electron chi connectivity index (χ1n) is 6.18. The third kappa shape index (κ3) is 1.61. The van der Waals surface area contributed by atoms with E-state index in [1.165, 1.54) is 17.0 Å². The Kier molecular flexibility index (Phi) is 2.60. The molecule has 1 fully saturated rings. The van der Waals surface area contributed by atoms with Crippen LogP contribution in [0.4, 0.5) is 0 Å². The van der Waals surface area contributed by atoms with Gasteiger partial charge in [-0.25, -0.2) is 0 Å². The Balaban J connectivity index is 2.28. The molecule has 1 unspecified atom stereocenters. The van der Waals surface area contributed by atoms with Crippen LogP contribution >= 0.6 is 0 Å². The normalized spacial score (nSPS) is 22.5. The Morgan fingerprint density at radius 2 is 2.06 bits per heavy atom. The van der Waals surface area contributed by atoms with Crippen LogP contribution in [-0.4, -0.2) is 6.61 Å². The average Bonchev–Trinajstić information content (AvgIpc) is 2.36. The second-order valence-corrected chi connectivity index (χ2v) is 4.77. The molecule has 18 heavy (non-hydrogen) atoms. The molecule has 1 heterocycles. The van der Waals surface area contributed by atoms with Crippen LogP contribution in [0, 0.1) is 0 Å². The molecule has 92 valence electrons. The quantitative estimate of drug-likeness (QED) is 0.755.